The largest absolute Gasteiger partial charge is 0.401 e. The number of benzene rings is 1. The Kier molecular flexibility index (Phi) is 5.54. The minimum Gasteiger partial charge on any atom is -0.401 e. The number of carbonyl (C=O) groups is 1. The fraction of sp³-hybridized carbons (Fsp3) is 0.294. The van der Waals surface area contributed by atoms with E-state index in [9.17, 15) is 17.6 Å². The maximum Gasteiger partial charge on any atom is 0.322 e. The van der Waals surface area contributed by atoms with Gasteiger partial charge in [0, 0.05) is 19.2 Å². The summed E-state index contributed by atoms with van der Waals surface area (Å²) in [5.74, 6) is -1.05. The van der Waals surface area contributed by atoms with Crippen molar-refractivity contribution in [1.82, 2.24) is 20.0 Å². The van der Waals surface area contributed by atoms with Crippen molar-refractivity contribution in [2.75, 3.05) is 11.1 Å². The first-order valence-electron chi connectivity index (χ1n) is 8.37. The van der Waals surface area contributed by atoms with Crippen molar-refractivity contribution >= 4 is 21.8 Å². The van der Waals surface area contributed by atoms with Crippen LogP contribution in [0.5, 0.6) is 0 Å². The molecule has 0 aliphatic carbocycles. The molecule has 0 bridgehead atoms. The molecule has 1 aromatic carbocycles. The van der Waals surface area contributed by atoms with Gasteiger partial charge in [-0.05, 0) is 43.7 Å². The zero-order valence-corrected chi connectivity index (χ0v) is 16.0. The Hall–Kier alpha value is -3.08. The molecule has 9 nitrogen and oxygen atoms in total. The molecule has 0 spiro atoms. The standard InChI is InChI=1S/C17H18FN5O4S/c1-11-10-14(22-23(11)2)16-20-21-17(27-16)19-15(24)4-3-9-28(25,26)13-7-5-12(18)6-8-13/h5-8,10H,3-4,9H2,1-2H3,(H,19,21,24). The van der Waals surface area contributed by atoms with Crippen LogP contribution in [0.2, 0.25) is 0 Å². The minimum absolute atomic E-state index is 0.0153. The van der Waals surface area contributed by atoms with E-state index >= 15 is 0 Å². The SMILES string of the molecule is Cc1cc(-c2nnc(NC(=O)CCCS(=O)(=O)c3ccc(F)cc3)o2)nn1C. The maximum atomic E-state index is 12.9. The van der Waals surface area contributed by atoms with Crippen LogP contribution in [0.1, 0.15) is 18.5 Å². The van der Waals surface area contributed by atoms with Gasteiger partial charge in [-0.2, -0.15) is 5.10 Å². The van der Waals surface area contributed by atoms with Crippen LogP contribution in [-0.4, -0.2) is 40.1 Å². The van der Waals surface area contributed by atoms with Gasteiger partial charge >= 0.3 is 6.01 Å². The highest BCUT2D eigenvalue weighted by molar-refractivity contribution is 7.91. The fourth-order valence-corrected chi connectivity index (χ4v) is 3.72. The molecule has 3 aromatic rings. The normalized spacial score (nSPS) is 11.5. The summed E-state index contributed by atoms with van der Waals surface area (Å²) in [5.41, 5.74) is 1.39. The van der Waals surface area contributed by atoms with Gasteiger partial charge in [-0.15, -0.1) is 5.10 Å². The first kappa shape index (κ1) is 19.7. The van der Waals surface area contributed by atoms with E-state index in [1.165, 1.54) is 12.1 Å². The summed E-state index contributed by atoms with van der Waals surface area (Å²) in [6.45, 7) is 1.87. The minimum atomic E-state index is -3.59. The smallest absolute Gasteiger partial charge is 0.322 e. The molecule has 3 rings (SSSR count). The lowest BCUT2D eigenvalue weighted by Gasteiger charge is -2.04. The van der Waals surface area contributed by atoms with E-state index in [-0.39, 0.29) is 35.4 Å². The molecule has 0 radical (unpaired) electrons. The molecule has 0 aliphatic rings. The number of halogens is 1. The first-order chi connectivity index (χ1) is 13.2. The maximum absolute atomic E-state index is 12.9. The van der Waals surface area contributed by atoms with E-state index in [0.29, 0.717) is 5.69 Å². The number of aryl methyl sites for hydroxylation is 2. The van der Waals surface area contributed by atoms with Gasteiger partial charge in [0.25, 0.3) is 5.89 Å². The number of sulfone groups is 1. The van der Waals surface area contributed by atoms with Gasteiger partial charge < -0.3 is 4.42 Å². The number of hydrogen-bond acceptors (Lipinski definition) is 7. The number of carbonyl (C=O) groups excluding carboxylic acids is 1. The molecule has 0 unspecified atom stereocenters. The summed E-state index contributed by atoms with van der Waals surface area (Å²) >= 11 is 0. The second kappa shape index (κ2) is 7.89. The van der Waals surface area contributed by atoms with Gasteiger partial charge in [0.15, 0.2) is 9.84 Å². The molecular formula is C17H18FN5O4S. The molecule has 0 saturated heterocycles. The molecule has 0 aliphatic heterocycles. The Bertz CT molecular complexity index is 1070. The van der Waals surface area contributed by atoms with Crippen LogP contribution in [0, 0.1) is 12.7 Å². The molecule has 1 N–H and O–H groups in total. The fourth-order valence-electron chi connectivity index (χ4n) is 2.41. The lowest BCUT2D eigenvalue weighted by atomic mass is 10.3. The number of rotatable bonds is 7. The van der Waals surface area contributed by atoms with Crippen molar-refractivity contribution in [3.63, 3.8) is 0 Å². The predicted molar refractivity (Wildman–Crippen MR) is 97.6 cm³/mol. The van der Waals surface area contributed by atoms with Gasteiger partial charge in [0.05, 0.1) is 10.6 Å². The summed E-state index contributed by atoms with van der Waals surface area (Å²) in [6, 6.07) is 6.23. The average Bonchev–Trinajstić information content (AvgIpc) is 3.22. The molecule has 0 saturated carbocycles. The highest BCUT2D eigenvalue weighted by atomic mass is 32.2. The predicted octanol–water partition coefficient (Wildman–Crippen LogP) is 2.11. The van der Waals surface area contributed by atoms with Crippen molar-refractivity contribution < 1.29 is 22.0 Å². The van der Waals surface area contributed by atoms with E-state index in [1.54, 1.807) is 17.8 Å². The number of anilines is 1. The Balaban J connectivity index is 1.53. The molecule has 0 atom stereocenters. The lowest BCUT2D eigenvalue weighted by molar-refractivity contribution is -0.116. The van der Waals surface area contributed by atoms with Crippen molar-refractivity contribution in [1.29, 1.82) is 0 Å². The van der Waals surface area contributed by atoms with Crippen molar-refractivity contribution in [3.05, 3.63) is 41.8 Å². The summed E-state index contributed by atoms with van der Waals surface area (Å²) in [4.78, 5) is 12.0. The van der Waals surface area contributed by atoms with Crippen molar-refractivity contribution in [3.8, 4) is 11.6 Å². The van der Waals surface area contributed by atoms with E-state index in [1.807, 2.05) is 6.92 Å². The van der Waals surface area contributed by atoms with Gasteiger partial charge in [0.1, 0.15) is 11.5 Å². The summed E-state index contributed by atoms with van der Waals surface area (Å²) in [7, 11) is -1.81. The molecule has 11 heteroatoms. The van der Waals surface area contributed by atoms with E-state index in [2.05, 4.69) is 20.6 Å². The molecule has 148 valence electrons. The highest BCUT2D eigenvalue weighted by Crippen LogP contribution is 2.19. The topological polar surface area (TPSA) is 120 Å². The zero-order valence-electron chi connectivity index (χ0n) is 15.2. The van der Waals surface area contributed by atoms with E-state index in [4.69, 9.17) is 4.42 Å². The monoisotopic (exact) mass is 407 g/mol. The molecule has 28 heavy (non-hydrogen) atoms. The molecule has 2 heterocycles. The average molecular weight is 407 g/mol. The van der Waals surface area contributed by atoms with Crippen LogP contribution >= 0.6 is 0 Å². The number of nitrogens with one attached hydrogen (secondary N) is 1. The highest BCUT2D eigenvalue weighted by Gasteiger charge is 2.17. The first-order valence-corrected chi connectivity index (χ1v) is 10.0. The van der Waals surface area contributed by atoms with Gasteiger partial charge in [-0.3, -0.25) is 14.8 Å². The summed E-state index contributed by atoms with van der Waals surface area (Å²) in [5, 5.41) is 14.2. The van der Waals surface area contributed by atoms with Crippen LogP contribution in [0.15, 0.2) is 39.6 Å². The number of aromatic nitrogens is 4. The van der Waals surface area contributed by atoms with Crippen LogP contribution in [0.4, 0.5) is 10.4 Å². The van der Waals surface area contributed by atoms with Crippen LogP contribution in [0.25, 0.3) is 11.6 Å². The third-order valence-corrected chi connectivity index (χ3v) is 5.81. The summed E-state index contributed by atoms with van der Waals surface area (Å²) in [6.07, 6.45) is 0.0345. The molecule has 0 fully saturated rings. The van der Waals surface area contributed by atoms with Gasteiger partial charge in [-0.25, -0.2) is 12.8 Å². The van der Waals surface area contributed by atoms with E-state index < -0.39 is 21.6 Å². The van der Waals surface area contributed by atoms with Crippen LogP contribution in [0.3, 0.4) is 0 Å². The molecule has 2 aromatic heterocycles. The van der Waals surface area contributed by atoms with Crippen molar-refractivity contribution in [2.24, 2.45) is 7.05 Å². The Morgan fingerprint density at radius 3 is 2.61 bits per heavy atom. The van der Waals surface area contributed by atoms with Crippen LogP contribution in [-0.2, 0) is 21.7 Å². The Labute approximate surface area is 160 Å². The second-order valence-corrected chi connectivity index (χ2v) is 8.24. The lowest BCUT2D eigenvalue weighted by Crippen LogP contribution is -2.14. The zero-order chi connectivity index (χ0) is 20.3. The van der Waals surface area contributed by atoms with E-state index in [0.717, 1.165) is 17.8 Å². The Morgan fingerprint density at radius 1 is 1.25 bits per heavy atom. The second-order valence-electron chi connectivity index (χ2n) is 6.13. The molecule has 1 amide bonds. The van der Waals surface area contributed by atoms with Crippen LogP contribution < -0.4 is 5.32 Å². The number of amides is 1. The number of hydrogen-bond donors (Lipinski definition) is 1. The third-order valence-electron chi connectivity index (χ3n) is 3.99. The number of nitrogens with zero attached hydrogens (tertiary/aromatic N) is 4. The summed E-state index contributed by atoms with van der Waals surface area (Å²) < 4.78 is 44.2. The quantitative estimate of drug-likeness (QED) is 0.596. The van der Waals surface area contributed by atoms with Gasteiger partial charge in [-0.1, -0.05) is 5.10 Å². The van der Waals surface area contributed by atoms with Gasteiger partial charge in [0.2, 0.25) is 5.91 Å². The third kappa shape index (κ3) is 4.60. The Morgan fingerprint density at radius 2 is 1.96 bits per heavy atom. The molecular weight excluding hydrogens is 389 g/mol. The van der Waals surface area contributed by atoms with Crippen molar-refractivity contribution in [2.45, 2.75) is 24.7 Å².